The molecule has 8 heteroatoms. The van der Waals surface area contributed by atoms with E-state index < -0.39 is 0 Å². The van der Waals surface area contributed by atoms with Gasteiger partial charge in [-0.25, -0.2) is 0 Å². The van der Waals surface area contributed by atoms with E-state index in [0.717, 1.165) is 73.5 Å². The number of morpholine rings is 1. The number of rotatable bonds is 7. The maximum absolute atomic E-state index is 13.1. The minimum Gasteiger partial charge on any atom is -0.379 e. The van der Waals surface area contributed by atoms with Gasteiger partial charge in [-0.3, -0.25) is 19.3 Å². The smallest absolute Gasteiger partial charge is 0.255 e. The third-order valence-electron chi connectivity index (χ3n) is 7.64. The number of ketones is 1. The van der Waals surface area contributed by atoms with E-state index >= 15 is 0 Å². The van der Waals surface area contributed by atoms with Gasteiger partial charge in [0.2, 0.25) is 5.91 Å². The molecule has 2 aromatic rings. The minimum absolute atomic E-state index is 0.0767. The van der Waals surface area contributed by atoms with Crippen LogP contribution in [0.4, 0.5) is 0 Å². The Bertz CT molecular complexity index is 1250. The number of allylic oxidation sites excluding steroid dienone is 1. The average Bonchev–Trinajstić information content (AvgIpc) is 3.12. The van der Waals surface area contributed by atoms with Crippen LogP contribution >= 0.6 is 11.6 Å². The number of carbonyl (C=O) groups is 3. The Morgan fingerprint density at radius 3 is 2.71 bits per heavy atom. The second-order valence-corrected chi connectivity index (χ2v) is 10.9. The topological polar surface area (TPSA) is 79.0 Å². The Morgan fingerprint density at radius 2 is 1.89 bits per heavy atom. The van der Waals surface area contributed by atoms with Gasteiger partial charge in [-0.15, -0.1) is 0 Å². The van der Waals surface area contributed by atoms with Gasteiger partial charge in [0.1, 0.15) is 0 Å². The van der Waals surface area contributed by atoms with Crippen molar-refractivity contribution in [3.8, 4) is 0 Å². The van der Waals surface area contributed by atoms with Crippen molar-refractivity contribution < 1.29 is 19.1 Å². The number of hydrogen-bond acceptors (Lipinski definition) is 5. The average molecular weight is 536 g/mol. The molecule has 38 heavy (non-hydrogen) atoms. The van der Waals surface area contributed by atoms with Gasteiger partial charge in [-0.1, -0.05) is 48.0 Å². The molecule has 1 N–H and O–H groups in total. The molecule has 0 aromatic heterocycles. The summed E-state index contributed by atoms with van der Waals surface area (Å²) < 4.78 is 5.42. The van der Waals surface area contributed by atoms with Gasteiger partial charge in [0.05, 0.1) is 25.7 Å². The number of carbonyl (C=O) groups excluding carboxylic acids is 3. The fraction of sp³-hybridized carbons (Fsp3) is 0.433. The summed E-state index contributed by atoms with van der Waals surface area (Å²) in [5.41, 5.74) is 5.36. The van der Waals surface area contributed by atoms with Crippen LogP contribution in [0.5, 0.6) is 0 Å². The van der Waals surface area contributed by atoms with Crippen molar-refractivity contribution in [3.05, 3.63) is 81.4 Å². The highest BCUT2D eigenvalue weighted by molar-refractivity contribution is 6.31. The van der Waals surface area contributed by atoms with E-state index in [-0.39, 0.29) is 30.1 Å². The SMILES string of the molecule is C=C1CCCC(N2Cc3cc(CNC(=O)Cc4ccc(Cl)c(CN5CCOCC5)c4)ccc3C2=O)C(=O)C1. The van der Waals surface area contributed by atoms with Crippen LogP contribution in [0.25, 0.3) is 0 Å². The maximum atomic E-state index is 13.1. The lowest BCUT2D eigenvalue weighted by Gasteiger charge is -2.27. The molecule has 2 aromatic carbocycles. The summed E-state index contributed by atoms with van der Waals surface area (Å²) in [5, 5.41) is 3.71. The molecule has 0 bridgehead atoms. The van der Waals surface area contributed by atoms with Crippen molar-refractivity contribution in [2.45, 2.75) is 57.8 Å². The van der Waals surface area contributed by atoms with Crippen molar-refractivity contribution in [2.24, 2.45) is 0 Å². The van der Waals surface area contributed by atoms with Crippen LogP contribution in [0.3, 0.4) is 0 Å². The van der Waals surface area contributed by atoms with E-state index in [9.17, 15) is 14.4 Å². The van der Waals surface area contributed by atoms with Gasteiger partial charge in [0, 0.05) is 49.7 Å². The first-order chi connectivity index (χ1) is 18.4. The Labute approximate surface area is 228 Å². The molecule has 2 heterocycles. The molecule has 0 radical (unpaired) electrons. The highest BCUT2D eigenvalue weighted by atomic mass is 35.5. The molecule has 2 fully saturated rings. The Morgan fingerprint density at radius 1 is 1.11 bits per heavy atom. The van der Waals surface area contributed by atoms with E-state index in [4.69, 9.17) is 16.3 Å². The van der Waals surface area contributed by atoms with Crippen molar-refractivity contribution >= 4 is 29.2 Å². The van der Waals surface area contributed by atoms with Gasteiger partial charge in [-0.05, 0) is 53.6 Å². The second-order valence-electron chi connectivity index (χ2n) is 10.5. The molecule has 1 atom stereocenters. The summed E-state index contributed by atoms with van der Waals surface area (Å²) >= 11 is 6.42. The molecule has 2 amide bonds. The van der Waals surface area contributed by atoms with Gasteiger partial charge >= 0.3 is 0 Å². The van der Waals surface area contributed by atoms with Gasteiger partial charge in [0.15, 0.2) is 5.78 Å². The summed E-state index contributed by atoms with van der Waals surface area (Å²) in [6.45, 7) is 8.71. The molecule has 1 saturated heterocycles. The molecule has 200 valence electrons. The number of ether oxygens (including phenoxy) is 1. The van der Waals surface area contributed by atoms with E-state index in [1.807, 2.05) is 36.4 Å². The molecule has 1 aliphatic carbocycles. The molecule has 2 aliphatic heterocycles. The first-order valence-electron chi connectivity index (χ1n) is 13.3. The van der Waals surface area contributed by atoms with Crippen molar-refractivity contribution in [1.29, 1.82) is 0 Å². The van der Waals surface area contributed by atoms with Crippen molar-refractivity contribution in [1.82, 2.24) is 15.1 Å². The van der Waals surface area contributed by atoms with Crippen LogP contribution in [0.15, 0.2) is 48.6 Å². The maximum Gasteiger partial charge on any atom is 0.255 e. The van der Waals surface area contributed by atoms with Crippen LogP contribution in [0.2, 0.25) is 5.02 Å². The number of Topliss-reactive ketones (excluding diaryl/α,β-unsaturated/α-hetero) is 1. The summed E-state index contributed by atoms with van der Waals surface area (Å²) in [4.78, 5) is 42.5. The number of fused-ring (bicyclic) bond motifs is 1. The van der Waals surface area contributed by atoms with Crippen LogP contribution in [0, 0.1) is 0 Å². The van der Waals surface area contributed by atoms with E-state index in [0.29, 0.717) is 36.5 Å². The number of hydrogen-bond donors (Lipinski definition) is 1. The minimum atomic E-state index is -0.384. The number of nitrogens with zero attached hydrogens (tertiary/aromatic N) is 2. The van der Waals surface area contributed by atoms with E-state index in [1.165, 1.54) is 0 Å². The molecule has 1 unspecified atom stereocenters. The fourth-order valence-electron chi connectivity index (χ4n) is 5.55. The summed E-state index contributed by atoms with van der Waals surface area (Å²) in [5.74, 6) is -0.0827. The lowest BCUT2D eigenvalue weighted by Crippen LogP contribution is -2.40. The highest BCUT2D eigenvalue weighted by Crippen LogP contribution is 2.30. The van der Waals surface area contributed by atoms with Crippen LogP contribution < -0.4 is 5.32 Å². The Balaban J connectivity index is 1.17. The first kappa shape index (κ1) is 26.6. The van der Waals surface area contributed by atoms with Crippen molar-refractivity contribution in [3.63, 3.8) is 0 Å². The van der Waals surface area contributed by atoms with E-state index in [2.05, 4.69) is 16.8 Å². The molecule has 1 saturated carbocycles. The fourth-order valence-corrected chi connectivity index (χ4v) is 5.73. The standard InChI is InChI=1S/C30H34ClN3O4/c1-20-3-2-4-27(28(35)13-20)34-19-23-15-22(5-7-25(23)30(34)37)17-32-29(36)16-21-6-8-26(31)24(14-21)18-33-9-11-38-12-10-33/h5-8,14-15,27H,1-4,9-13,16-19H2,(H,32,36). The zero-order valence-electron chi connectivity index (χ0n) is 21.6. The van der Waals surface area contributed by atoms with E-state index in [1.54, 1.807) is 4.90 Å². The Kier molecular flexibility index (Phi) is 8.27. The largest absolute Gasteiger partial charge is 0.379 e. The predicted octanol–water partition coefficient (Wildman–Crippen LogP) is 4.05. The normalized spacial score (nSPS) is 20.4. The lowest BCUT2D eigenvalue weighted by atomic mass is 10.1. The van der Waals surface area contributed by atoms with Gasteiger partial charge < -0.3 is 15.0 Å². The summed E-state index contributed by atoms with van der Waals surface area (Å²) in [6, 6.07) is 11.0. The number of benzene rings is 2. The molecular weight excluding hydrogens is 502 g/mol. The number of amides is 2. The second kappa shape index (κ2) is 11.8. The zero-order valence-corrected chi connectivity index (χ0v) is 22.4. The summed E-state index contributed by atoms with van der Waals surface area (Å²) in [6.07, 6.45) is 3.00. The van der Waals surface area contributed by atoms with Gasteiger partial charge in [0.25, 0.3) is 5.91 Å². The molecule has 0 spiro atoms. The highest BCUT2D eigenvalue weighted by Gasteiger charge is 2.37. The van der Waals surface area contributed by atoms with Crippen LogP contribution in [0.1, 0.15) is 58.3 Å². The summed E-state index contributed by atoms with van der Waals surface area (Å²) in [7, 11) is 0. The molecule has 5 rings (SSSR count). The quantitative estimate of drug-likeness (QED) is 0.427. The zero-order chi connectivity index (χ0) is 26.6. The monoisotopic (exact) mass is 535 g/mol. The third kappa shape index (κ3) is 6.17. The predicted molar refractivity (Wildman–Crippen MR) is 146 cm³/mol. The Hall–Kier alpha value is -3.00. The third-order valence-corrected chi connectivity index (χ3v) is 8.01. The molecule has 3 aliphatic rings. The van der Waals surface area contributed by atoms with Crippen LogP contribution in [-0.2, 0) is 40.4 Å². The number of halogens is 1. The molecular formula is C30H34ClN3O4. The van der Waals surface area contributed by atoms with Gasteiger partial charge in [-0.2, -0.15) is 0 Å². The van der Waals surface area contributed by atoms with Crippen molar-refractivity contribution in [2.75, 3.05) is 26.3 Å². The lowest BCUT2D eigenvalue weighted by molar-refractivity contribution is -0.123. The number of nitrogens with one attached hydrogen (secondary N) is 1. The molecule has 7 nitrogen and oxygen atoms in total. The van der Waals surface area contributed by atoms with Crippen LogP contribution in [-0.4, -0.2) is 59.7 Å². The first-order valence-corrected chi connectivity index (χ1v) is 13.7.